The second-order valence-electron chi connectivity index (χ2n) is 3.25. The van der Waals surface area contributed by atoms with Crippen LogP contribution in [0.3, 0.4) is 0 Å². The van der Waals surface area contributed by atoms with Crippen LogP contribution >= 0.6 is 0 Å². The molecule has 0 saturated carbocycles. The van der Waals surface area contributed by atoms with Gasteiger partial charge in [-0.15, -0.1) is 0 Å². The molecule has 1 amide bonds. The lowest BCUT2D eigenvalue weighted by molar-refractivity contribution is -0.119. The van der Waals surface area contributed by atoms with Gasteiger partial charge in [0.25, 0.3) is 0 Å². The molecular formula is C10H11NO2. The molecule has 1 heterocycles. The fourth-order valence-corrected chi connectivity index (χ4v) is 1.61. The minimum atomic E-state index is 0.0830. The molecule has 0 unspecified atom stereocenters. The van der Waals surface area contributed by atoms with Gasteiger partial charge in [-0.3, -0.25) is 4.79 Å². The van der Waals surface area contributed by atoms with E-state index in [2.05, 4.69) is 5.32 Å². The van der Waals surface area contributed by atoms with Crippen molar-refractivity contribution in [2.75, 3.05) is 0 Å². The highest BCUT2D eigenvalue weighted by Gasteiger charge is 2.21. The fourth-order valence-electron chi connectivity index (χ4n) is 1.61. The van der Waals surface area contributed by atoms with Gasteiger partial charge in [-0.2, -0.15) is 0 Å². The zero-order valence-corrected chi connectivity index (χ0v) is 7.16. The van der Waals surface area contributed by atoms with E-state index in [1.165, 1.54) is 0 Å². The Labute approximate surface area is 76.4 Å². The molecule has 1 aliphatic rings. The molecule has 1 aromatic rings. The maximum Gasteiger partial charge on any atom is 0.220 e. The third-order valence-corrected chi connectivity index (χ3v) is 2.27. The first-order valence-corrected chi connectivity index (χ1v) is 4.34. The maximum absolute atomic E-state index is 10.9. The lowest BCUT2D eigenvalue weighted by atomic mass is 10.1. The van der Waals surface area contributed by atoms with Crippen molar-refractivity contribution in [1.82, 2.24) is 5.32 Å². The number of hydrogen-bond acceptors (Lipinski definition) is 2. The van der Waals surface area contributed by atoms with Crippen molar-refractivity contribution < 1.29 is 9.90 Å². The molecule has 0 bridgehead atoms. The zero-order valence-electron chi connectivity index (χ0n) is 7.16. The Bertz CT molecular complexity index is 335. The summed E-state index contributed by atoms with van der Waals surface area (Å²) in [6, 6.07) is 7.10. The molecule has 0 spiro atoms. The van der Waals surface area contributed by atoms with Gasteiger partial charge >= 0.3 is 0 Å². The van der Waals surface area contributed by atoms with E-state index in [-0.39, 0.29) is 17.7 Å². The van der Waals surface area contributed by atoms with E-state index in [0.29, 0.717) is 6.42 Å². The van der Waals surface area contributed by atoms with Crippen LogP contribution in [-0.4, -0.2) is 11.0 Å². The Morgan fingerprint density at radius 3 is 2.92 bits per heavy atom. The third kappa shape index (κ3) is 1.64. The molecule has 2 N–H and O–H groups in total. The van der Waals surface area contributed by atoms with Crippen LogP contribution in [0.25, 0.3) is 0 Å². The lowest BCUT2D eigenvalue weighted by Gasteiger charge is -2.09. The second kappa shape index (κ2) is 3.09. The van der Waals surface area contributed by atoms with Crippen LogP contribution in [0.5, 0.6) is 5.75 Å². The summed E-state index contributed by atoms with van der Waals surface area (Å²) in [4.78, 5) is 10.9. The highest BCUT2D eigenvalue weighted by Crippen LogP contribution is 2.25. The Balaban J connectivity index is 2.21. The number of carbonyl (C=O) groups is 1. The van der Waals surface area contributed by atoms with E-state index < -0.39 is 0 Å². The van der Waals surface area contributed by atoms with E-state index in [1.54, 1.807) is 18.2 Å². The number of phenolic OH excluding ortho intramolecular Hbond substituents is 1. The molecule has 0 aromatic heterocycles. The lowest BCUT2D eigenvalue weighted by Crippen LogP contribution is -2.18. The van der Waals surface area contributed by atoms with Crippen LogP contribution in [0.15, 0.2) is 24.3 Å². The van der Waals surface area contributed by atoms with Crippen molar-refractivity contribution in [2.45, 2.75) is 18.9 Å². The summed E-state index contributed by atoms with van der Waals surface area (Å²) in [5, 5.41) is 12.1. The van der Waals surface area contributed by atoms with Gasteiger partial charge < -0.3 is 10.4 Å². The zero-order chi connectivity index (χ0) is 9.26. The molecule has 0 aliphatic carbocycles. The summed E-state index contributed by atoms with van der Waals surface area (Å²) in [7, 11) is 0. The molecule has 1 atom stereocenters. The van der Waals surface area contributed by atoms with E-state index in [0.717, 1.165) is 12.0 Å². The van der Waals surface area contributed by atoms with Crippen LogP contribution in [0.2, 0.25) is 0 Å². The van der Waals surface area contributed by atoms with Gasteiger partial charge in [-0.05, 0) is 24.1 Å². The van der Waals surface area contributed by atoms with Crippen molar-refractivity contribution >= 4 is 5.91 Å². The van der Waals surface area contributed by atoms with Crippen molar-refractivity contribution in [3.8, 4) is 5.75 Å². The fraction of sp³-hybridized carbons (Fsp3) is 0.300. The predicted octanol–water partition coefficient (Wildman–Crippen LogP) is 1.34. The quantitative estimate of drug-likeness (QED) is 0.680. The van der Waals surface area contributed by atoms with Crippen LogP contribution in [0.4, 0.5) is 0 Å². The van der Waals surface area contributed by atoms with Crippen molar-refractivity contribution in [1.29, 1.82) is 0 Å². The molecule has 13 heavy (non-hydrogen) atoms. The summed E-state index contributed by atoms with van der Waals surface area (Å²) < 4.78 is 0. The Hall–Kier alpha value is -1.51. The molecule has 1 saturated heterocycles. The van der Waals surface area contributed by atoms with Gasteiger partial charge in [0.2, 0.25) is 5.91 Å². The normalized spacial score (nSPS) is 21.5. The van der Waals surface area contributed by atoms with Crippen LogP contribution in [-0.2, 0) is 4.79 Å². The third-order valence-electron chi connectivity index (χ3n) is 2.27. The van der Waals surface area contributed by atoms with Crippen molar-refractivity contribution in [3.63, 3.8) is 0 Å². The van der Waals surface area contributed by atoms with Crippen LogP contribution in [0, 0.1) is 0 Å². The molecule has 3 heteroatoms. The first kappa shape index (κ1) is 8.10. The van der Waals surface area contributed by atoms with Gasteiger partial charge in [0.05, 0.1) is 6.04 Å². The molecule has 1 aromatic carbocycles. The summed E-state index contributed by atoms with van der Waals surface area (Å²) in [6.45, 7) is 0. The smallest absolute Gasteiger partial charge is 0.220 e. The van der Waals surface area contributed by atoms with Gasteiger partial charge in [-0.1, -0.05) is 12.1 Å². The SMILES string of the molecule is O=C1CC[C@H](c2cccc(O)c2)N1. The Morgan fingerprint density at radius 1 is 1.46 bits per heavy atom. The Morgan fingerprint density at radius 2 is 2.31 bits per heavy atom. The molecular weight excluding hydrogens is 166 g/mol. The molecule has 0 radical (unpaired) electrons. The molecule has 2 rings (SSSR count). The number of rotatable bonds is 1. The van der Waals surface area contributed by atoms with Gasteiger partial charge in [-0.25, -0.2) is 0 Å². The standard InChI is InChI=1S/C10H11NO2/c12-8-3-1-2-7(6-8)9-4-5-10(13)11-9/h1-3,6,9,12H,4-5H2,(H,11,13)/t9-/m1/s1. The first-order chi connectivity index (χ1) is 6.25. The van der Waals surface area contributed by atoms with E-state index in [4.69, 9.17) is 0 Å². The topological polar surface area (TPSA) is 49.3 Å². The predicted molar refractivity (Wildman–Crippen MR) is 48.2 cm³/mol. The average molecular weight is 177 g/mol. The van der Waals surface area contributed by atoms with Crippen molar-refractivity contribution in [3.05, 3.63) is 29.8 Å². The number of hydrogen-bond donors (Lipinski definition) is 2. The first-order valence-electron chi connectivity index (χ1n) is 4.34. The Kier molecular flexibility index (Phi) is 1.93. The van der Waals surface area contributed by atoms with E-state index in [9.17, 15) is 9.90 Å². The van der Waals surface area contributed by atoms with Gasteiger partial charge in [0.15, 0.2) is 0 Å². The molecule has 1 fully saturated rings. The summed E-state index contributed by atoms with van der Waals surface area (Å²) in [5.74, 6) is 0.340. The number of benzene rings is 1. The molecule has 68 valence electrons. The van der Waals surface area contributed by atoms with E-state index >= 15 is 0 Å². The summed E-state index contributed by atoms with van der Waals surface area (Å²) in [6.07, 6.45) is 1.41. The van der Waals surface area contributed by atoms with E-state index in [1.807, 2.05) is 6.07 Å². The van der Waals surface area contributed by atoms with Gasteiger partial charge in [0.1, 0.15) is 5.75 Å². The second-order valence-corrected chi connectivity index (χ2v) is 3.25. The average Bonchev–Trinajstić information content (AvgIpc) is 2.52. The van der Waals surface area contributed by atoms with Crippen LogP contribution < -0.4 is 5.32 Å². The molecule has 3 nitrogen and oxygen atoms in total. The largest absolute Gasteiger partial charge is 0.508 e. The number of amides is 1. The highest BCUT2D eigenvalue weighted by atomic mass is 16.3. The maximum atomic E-state index is 10.9. The number of carbonyl (C=O) groups excluding carboxylic acids is 1. The number of phenols is 1. The number of aromatic hydroxyl groups is 1. The van der Waals surface area contributed by atoms with Crippen molar-refractivity contribution in [2.24, 2.45) is 0 Å². The highest BCUT2D eigenvalue weighted by molar-refractivity contribution is 5.78. The minimum absolute atomic E-state index is 0.0830. The number of nitrogens with one attached hydrogen (secondary N) is 1. The summed E-state index contributed by atoms with van der Waals surface area (Å²) >= 11 is 0. The minimum Gasteiger partial charge on any atom is -0.508 e. The molecule has 1 aliphatic heterocycles. The van der Waals surface area contributed by atoms with Gasteiger partial charge in [0, 0.05) is 6.42 Å². The van der Waals surface area contributed by atoms with Crippen LogP contribution in [0.1, 0.15) is 24.4 Å². The monoisotopic (exact) mass is 177 g/mol. The summed E-state index contributed by atoms with van der Waals surface area (Å²) in [5.41, 5.74) is 0.978.